The minimum Gasteiger partial charge on any atom is -0.314 e. The quantitative estimate of drug-likeness (QED) is 0.904. The summed E-state index contributed by atoms with van der Waals surface area (Å²) in [6.45, 7) is 3.55. The second-order valence-corrected chi connectivity index (χ2v) is 6.56. The minimum absolute atomic E-state index is 0.637. The van der Waals surface area contributed by atoms with Crippen molar-refractivity contribution < 1.29 is 0 Å². The molecule has 1 saturated carbocycles. The van der Waals surface area contributed by atoms with E-state index < -0.39 is 0 Å². The van der Waals surface area contributed by atoms with Crippen LogP contribution in [0.1, 0.15) is 63.6 Å². The maximum absolute atomic E-state index is 4.83. The molecule has 2 fully saturated rings. The van der Waals surface area contributed by atoms with E-state index in [1.165, 1.54) is 57.2 Å². The van der Waals surface area contributed by atoms with Gasteiger partial charge in [0.15, 0.2) is 0 Å². The molecule has 106 valence electrons. The van der Waals surface area contributed by atoms with Gasteiger partial charge in [-0.2, -0.15) is 5.10 Å². The fourth-order valence-corrected chi connectivity index (χ4v) is 3.66. The standard InChI is InChI=1S/C16H27N3/c1-13-7-9-17-15(11-13)12-14-8-10-19(18-14)16-5-3-2-4-6-16/h8,10,13,15-17H,2-7,9,11-12H2,1H3. The summed E-state index contributed by atoms with van der Waals surface area (Å²) in [5.41, 5.74) is 1.28. The maximum Gasteiger partial charge on any atom is 0.0640 e. The van der Waals surface area contributed by atoms with Crippen LogP contribution in [0.2, 0.25) is 0 Å². The Bertz CT molecular complexity index is 392. The third-order valence-corrected chi connectivity index (χ3v) is 4.82. The molecule has 1 aromatic heterocycles. The SMILES string of the molecule is CC1CCNC(Cc2ccn(C3CCCCC3)n2)C1. The van der Waals surface area contributed by atoms with Crippen molar-refractivity contribution in [1.82, 2.24) is 15.1 Å². The van der Waals surface area contributed by atoms with Crippen molar-refractivity contribution >= 4 is 0 Å². The van der Waals surface area contributed by atoms with Crippen LogP contribution >= 0.6 is 0 Å². The third-order valence-electron chi connectivity index (χ3n) is 4.82. The molecule has 0 spiro atoms. The predicted octanol–water partition coefficient (Wildman–Crippen LogP) is 3.32. The Kier molecular flexibility index (Phi) is 4.21. The minimum atomic E-state index is 0.637. The van der Waals surface area contributed by atoms with E-state index in [1.54, 1.807) is 0 Å². The van der Waals surface area contributed by atoms with Gasteiger partial charge < -0.3 is 5.32 Å². The normalized spacial score (nSPS) is 29.5. The van der Waals surface area contributed by atoms with Crippen LogP contribution in [0.5, 0.6) is 0 Å². The first-order chi connectivity index (χ1) is 9.31. The highest BCUT2D eigenvalue weighted by atomic mass is 15.3. The molecule has 1 aliphatic heterocycles. The van der Waals surface area contributed by atoms with Gasteiger partial charge in [-0.15, -0.1) is 0 Å². The summed E-state index contributed by atoms with van der Waals surface area (Å²) in [5.74, 6) is 0.867. The van der Waals surface area contributed by atoms with E-state index in [0.29, 0.717) is 12.1 Å². The molecule has 2 aliphatic rings. The molecule has 1 N–H and O–H groups in total. The zero-order valence-corrected chi connectivity index (χ0v) is 12.1. The lowest BCUT2D eigenvalue weighted by molar-refractivity contribution is 0.311. The number of rotatable bonds is 3. The molecule has 2 unspecified atom stereocenters. The lowest BCUT2D eigenvalue weighted by atomic mass is 9.92. The number of nitrogens with one attached hydrogen (secondary N) is 1. The van der Waals surface area contributed by atoms with Gasteiger partial charge in [0, 0.05) is 18.7 Å². The molecular weight excluding hydrogens is 234 g/mol. The number of piperidine rings is 1. The Balaban J connectivity index is 1.58. The van der Waals surface area contributed by atoms with Crippen LogP contribution in [0.15, 0.2) is 12.3 Å². The van der Waals surface area contributed by atoms with Crippen LogP contribution in [0, 0.1) is 5.92 Å². The van der Waals surface area contributed by atoms with Gasteiger partial charge in [-0.3, -0.25) is 4.68 Å². The number of hydrogen-bond acceptors (Lipinski definition) is 2. The second kappa shape index (κ2) is 6.08. The van der Waals surface area contributed by atoms with E-state index in [4.69, 9.17) is 5.10 Å². The largest absolute Gasteiger partial charge is 0.314 e. The highest BCUT2D eigenvalue weighted by molar-refractivity contribution is 5.03. The number of nitrogens with zero attached hydrogens (tertiary/aromatic N) is 2. The lowest BCUT2D eigenvalue weighted by Crippen LogP contribution is -2.38. The summed E-state index contributed by atoms with van der Waals surface area (Å²) >= 11 is 0. The Labute approximate surface area is 116 Å². The molecule has 0 radical (unpaired) electrons. The molecule has 2 heterocycles. The van der Waals surface area contributed by atoms with Crippen molar-refractivity contribution in [1.29, 1.82) is 0 Å². The van der Waals surface area contributed by atoms with Gasteiger partial charge in [0.1, 0.15) is 0 Å². The summed E-state index contributed by atoms with van der Waals surface area (Å²) in [7, 11) is 0. The summed E-state index contributed by atoms with van der Waals surface area (Å²) in [4.78, 5) is 0. The summed E-state index contributed by atoms with van der Waals surface area (Å²) in [6, 6.07) is 3.54. The van der Waals surface area contributed by atoms with Gasteiger partial charge in [-0.25, -0.2) is 0 Å². The molecule has 1 aromatic rings. The Hall–Kier alpha value is -0.830. The van der Waals surface area contributed by atoms with Gasteiger partial charge in [0.25, 0.3) is 0 Å². The highest BCUT2D eigenvalue weighted by Gasteiger charge is 2.20. The van der Waals surface area contributed by atoms with E-state index in [1.807, 2.05) is 0 Å². The average molecular weight is 261 g/mol. The molecule has 3 heteroatoms. The van der Waals surface area contributed by atoms with E-state index in [9.17, 15) is 0 Å². The van der Waals surface area contributed by atoms with Gasteiger partial charge in [-0.1, -0.05) is 26.2 Å². The van der Waals surface area contributed by atoms with E-state index in [0.717, 1.165) is 12.3 Å². The molecule has 1 aliphatic carbocycles. The molecular formula is C16H27N3. The molecule has 3 nitrogen and oxygen atoms in total. The monoisotopic (exact) mass is 261 g/mol. The third kappa shape index (κ3) is 3.38. The lowest BCUT2D eigenvalue weighted by Gasteiger charge is -2.27. The van der Waals surface area contributed by atoms with Crippen LogP contribution in [0.4, 0.5) is 0 Å². The second-order valence-electron chi connectivity index (χ2n) is 6.56. The molecule has 0 bridgehead atoms. The van der Waals surface area contributed by atoms with Gasteiger partial charge in [-0.05, 0) is 44.2 Å². The van der Waals surface area contributed by atoms with E-state index >= 15 is 0 Å². The average Bonchev–Trinajstić information content (AvgIpc) is 2.88. The van der Waals surface area contributed by atoms with Gasteiger partial charge in [0.05, 0.1) is 11.7 Å². The van der Waals surface area contributed by atoms with Crippen molar-refractivity contribution in [2.45, 2.75) is 70.4 Å². The molecule has 19 heavy (non-hydrogen) atoms. The number of hydrogen-bond donors (Lipinski definition) is 1. The van der Waals surface area contributed by atoms with Crippen molar-refractivity contribution in [3.8, 4) is 0 Å². The van der Waals surface area contributed by atoms with Crippen molar-refractivity contribution in [3.05, 3.63) is 18.0 Å². The number of aromatic nitrogens is 2. The van der Waals surface area contributed by atoms with Crippen LogP contribution in [0.3, 0.4) is 0 Å². The Morgan fingerprint density at radius 2 is 2.11 bits per heavy atom. The van der Waals surface area contributed by atoms with Crippen LogP contribution < -0.4 is 5.32 Å². The van der Waals surface area contributed by atoms with Crippen LogP contribution in [-0.2, 0) is 6.42 Å². The summed E-state index contributed by atoms with van der Waals surface area (Å²) in [6.07, 6.45) is 12.7. The van der Waals surface area contributed by atoms with Crippen LogP contribution in [0.25, 0.3) is 0 Å². The summed E-state index contributed by atoms with van der Waals surface area (Å²) < 4.78 is 2.24. The highest BCUT2D eigenvalue weighted by Crippen LogP contribution is 2.27. The van der Waals surface area contributed by atoms with Crippen molar-refractivity contribution in [2.75, 3.05) is 6.54 Å². The zero-order chi connectivity index (χ0) is 13.1. The van der Waals surface area contributed by atoms with E-state index in [-0.39, 0.29) is 0 Å². The van der Waals surface area contributed by atoms with Crippen LogP contribution in [-0.4, -0.2) is 22.4 Å². The Morgan fingerprint density at radius 1 is 1.26 bits per heavy atom. The first-order valence-electron chi connectivity index (χ1n) is 8.08. The smallest absolute Gasteiger partial charge is 0.0640 e. The molecule has 1 saturated heterocycles. The predicted molar refractivity (Wildman–Crippen MR) is 78.2 cm³/mol. The first kappa shape index (κ1) is 13.2. The van der Waals surface area contributed by atoms with Gasteiger partial charge in [0.2, 0.25) is 0 Å². The van der Waals surface area contributed by atoms with Gasteiger partial charge >= 0.3 is 0 Å². The van der Waals surface area contributed by atoms with Crippen molar-refractivity contribution in [3.63, 3.8) is 0 Å². The summed E-state index contributed by atoms with van der Waals surface area (Å²) in [5, 5.41) is 8.47. The van der Waals surface area contributed by atoms with E-state index in [2.05, 4.69) is 29.2 Å². The fourth-order valence-electron chi connectivity index (χ4n) is 3.66. The maximum atomic E-state index is 4.83. The zero-order valence-electron chi connectivity index (χ0n) is 12.1. The molecule has 2 atom stereocenters. The van der Waals surface area contributed by atoms with Crippen molar-refractivity contribution in [2.24, 2.45) is 5.92 Å². The molecule has 3 rings (SSSR count). The first-order valence-corrected chi connectivity index (χ1v) is 8.08. The molecule has 0 aromatic carbocycles. The topological polar surface area (TPSA) is 29.9 Å². The Morgan fingerprint density at radius 3 is 2.89 bits per heavy atom. The molecule has 0 amide bonds. The fraction of sp³-hybridized carbons (Fsp3) is 0.812.